The Bertz CT molecular complexity index is 179. The van der Waals surface area contributed by atoms with Crippen LogP contribution in [-0.2, 0) is 10.8 Å². The van der Waals surface area contributed by atoms with Gasteiger partial charge in [0.1, 0.15) is 0 Å². The molecule has 0 unspecified atom stereocenters. The maximum atomic E-state index is 11.1. The Morgan fingerprint density at radius 1 is 0.923 bits per heavy atom. The molecule has 0 aromatic heterocycles. The molecule has 0 aromatic rings. The Balaban J connectivity index is 1.72. The summed E-state index contributed by atoms with van der Waals surface area (Å²) in [6.45, 7) is 0. The molecule has 2 rings (SSSR count). The van der Waals surface area contributed by atoms with Crippen LogP contribution < -0.4 is 5.32 Å². The van der Waals surface area contributed by atoms with Crippen LogP contribution in [0.15, 0.2) is 0 Å². The molecule has 2 fully saturated rings. The third kappa shape index (κ3) is 2.78. The van der Waals surface area contributed by atoms with E-state index in [0.29, 0.717) is 6.04 Å². The van der Waals surface area contributed by atoms with Crippen molar-refractivity contribution in [2.45, 2.75) is 50.6 Å². The monoisotopic (exact) mass is 201 g/mol. The van der Waals surface area contributed by atoms with Crippen molar-refractivity contribution in [2.24, 2.45) is 0 Å². The molecular weight excluding hydrogens is 182 g/mol. The van der Waals surface area contributed by atoms with Crippen LogP contribution in [0, 0.1) is 0 Å². The SMILES string of the molecule is O=S1CCC(NC2CCCC2)CC1. The van der Waals surface area contributed by atoms with E-state index in [1.54, 1.807) is 0 Å². The summed E-state index contributed by atoms with van der Waals surface area (Å²) in [5, 5.41) is 3.70. The first-order valence-corrected chi connectivity index (χ1v) is 6.94. The Morgan fingerprint density at radius 3 is 2.08 bits per heavy atom. The van der Waals surface area contributed by atoms with Gasteiger partial charge in [0, 0.05) is 34.4 Å². The van der Waals surface area contributed by atoms with E-state index in [0.717, 1.165) is 30.4 Å². The van der Waals surface area contributed by atoms with Crippen LogP contribution in [0.4, 0.5) is 0 Å². The van der Waals surface area contributed by atoms with Gasteiger partial charge in [0.05, 0.1) is 0 Å². The molecule has 1 aliphatic heterocycles. The van der Waals surface area contributed by atoms with E-state index in [9.17, 15) is 4.21 Å². The van der Waals surface area contributed by atoms with Crippen molar-refractivity contribution in [2.75, 3.05) is 11.5 Å². The number of hydrogen-bond acceptors (Lipinski definition) is 2. The van der Waals surface area contributed by atoms with Gasteiger partial charge in [-0.2, -0.15) is 0 Å². The Hall–Kier alpha value is 0.110. The quantitative estimate of drug-likeness (QED) is 0.732. The van der Waals surface area contributed by atoms with Crippen molar-refractivity contribution >= 4 is 10.8 Å². The molecule has 1 aliphatic carbocycles. The predicted molar refractivity (Wildman–Crippen MR) is 56.3 cm³/mol. The molecule has 76 valence electrons. The predicted octanol–water partition coefficient (Wildman–Crippen LogP) is 1.43. The molecular formula is C10H19NOS. The molecule has 1 saturated carbocycles. The summed E-state index contributed by atoms with van der Waals surface area (Å²) in [7, 11) is -0.504. The summed E-state index contributed by atoms with van der Waals surface area (Å²) in [6.07, 6.45) is 7.78. The van der Waals surface area contributed by atoms with Gasteiger partial charge >= 0.3 is 0 Å². The summed E-state index contributed by atoms with van der Waals surface area (Å²) >= 11 is 0. The maximum absolute atomic E-state index is 11.1. The van der Waals surface area contributed by atoms with Crippen molar-refractivity contribution in [3.63, 3.8) is 0 Å². The smallest absolute Gasteiger partial charge is 0.0249 e. The molecule has 1 N–H and O–H groups in total. The molecule has 2 nitrogen and oxygen atoms in total. The molecule has 1 heterocycles. The zero-order chi connectivity index (χ0) is 9.10. The van der Waals surface area contributed by atoms with E-state index in [1.807, 2.05) is 0 Å². The topological polar surface area (TPSA) is 29.1 Å². The highest BCUT2D eigenvalue weighted by Crippen LogP contribution is 2.20. The highest BCUT2D eigenvalue weighted by atomic mass is 32.2. The minimum atomic E-state index is -0.504. The summed E-state index contributed by atoms with van der Waals surface area (Å²) in [6, 6.07) is 1.44. The van der Waals surface area contributed by atoms with Crippen LogP contribution in [0.25, 0.3) is 0 Å². The minimum Gasteiger partial charge on any atom is -0.311 e. The second kappa shape index (κ2) is 4.56. The zero-order valence-electron chi connectivity index (χ0n) is 8.13. The average molecular weight is 201 g/mol. The number of nitrogens with one attached hydrogen (secondary N) is 1. The largest absolute Gasteiger partial charge is 0.311 e. The fourth-order valence-corrected chi connectivity index (χ4v) is 3.69. The molecule has 3 heteroatoms. The van der Waals surface area contributed by atoms with Gasteiger partial charge < -0.3 is 5.32 Å². The summed E-state index contributed by atoms with van der Waals surface area (Å²) < 4.78 is 11.1. The van der Waals surface area contributed by atoms with Gasteiger partial charge in [-0.15, -0.1) is 0 Å². The zero-order valence-corrected chi connectivity index (χ0v) is 8.94. The van der Waals surface area contributed by atoms with Crippen LogP contribution in [0.5, 0.6) is 0 Å². The third-order valence-electron chi connectivity index (χ3n) is 3.21. The normalized spacial score (nSPS) is 36.6. The van der Waals surface area contributed by atoms with Crippen molar-refractivity contribution in [3.8, 4) is 0 Å². The van der Waals surface area contributed by atoms with Crippen molar-refractivity contribution in [1.82, 2.24) is 5.32 Å². The van der Waals surface area contributed by atoms with Gasteiger partial charge in [0.15, 0.2) is 0 Å². The first-order chi connectivity index (χ1) is 6.34. The van der Waals surface area contributed by atoms with Gasteiger partial charge in [-0.25, -0.2) is 0 Å². The minimum absolute atomic E-state index is 0.504. The Kier molecular flexibility index (Phi) is 3.39. The van der Waals surface area contributed by atoms with Gasteiger partial charge in [0.2, 0.25) is 0 Å². The molecule has 1 saturated heterocycles. The van der Waals surface area contributed by atoms with Crippen LogP contribution in [0.1, 0.15) is 38.5 Å². The highest BCUT2D eigenvalue weighted by molar-refractivity contribution is 7.85. The summed E-state index contributed by atoms with van der Waals surface area (Å²) in [5.74, 6) is 1.84. The fourth-order valence-electron chi connectivity index (χ4n) is 2.39. The van der Waals surface area contributed by atoms with Crippen LogP contribution in [0.3, 0.4) is 0 Å². The molecule has 0 spiro atoms. The fraction of sp³-hybridized carbons (Fsp3) is 1.00. The molecule has 0 aromatic carbocycles. The van der Waals surface area contributed by atoms with E-state index in [4.69, 9.17) is 0 Å². The van der Waals surface area contributed by atoms with E-state index < -0.39 is 10.8 Å². The highest BCUT2D eigenvalue weighted by Gasteiger charge is 2.22. The molecule has 0 radical (unpaired) electrons. The van der Waals surface area contributed by atoms with Crippen LogP contribution in [0.2, 0.25) is 0 Å². The second-order valence-electron chi connectivity index (χ2n) is 4.27. The molecule has 0 bridgehead atoms. The lowest BCUT2D eigenvalue weighted by molar-refractivity contribution is 0.407. The Labute approximate surface area is 82.9 Å². The second-order valence-corrected chi connectivity index (χ2v) is 5.97. The van der Waals surface area contributed by atoms with Gasteiger partial charge in [0.25, 0.3) is 0 Å². The summed E-state index contributed by atoms with van der Waals surface area (Å²) in [5.41, 5.74) is 0. The van der Waals surface area contributed by atoms with Crippen molar-refractivity contribution in [3.05, 3.63) is 0 Å². The first-order valence-electron chi connectivity index (χ1n) is 5.45. The van der Waals surface area contributed by atoms with Crippen molar-refractivity contribution < 1.29 is 4.21 Å². The van der Waals surface area contributed by atoms with E-state index >= 15 is 0 Å². The van der Waals surface area contributed by atoms with Gasteiger partial charge in [-0.1, -0.05) is 12.8 Å². The standard InChI is InChI=1S/C10H19NOS/c12-13-7-5-10(6-8-13)11-9-3-1-2-4-9/h9-11H,1-8H2. The lowest BCUT2D eigenvalue weighted by atomic mass is 10.1. The maximum Gasteiger partial charge on any atom is 0.0249 e. The molecule has 0 amide bonds. The Morgan fingerprint density at radius 2 is 1.46 bits per heavy atom. The molecule has 2 aliphatic rings. The van der Waals surface area contributed by atoms with Crippen LogP contribution >= 0.6 is 0 Å². The number of rotatable bonds is 2. The molecule has 0 atom stereocenters. The summed E-state index contributed by atoms with van der Waals surface area (Å²) in [4.78, 5) is 0. The van der Waals surface area contributed by atoms with Crippen molar-refractivity contribution in [1.29, 1.82) is 0 Å². The first kappa shape index (κ1) is 9.66. The van der Waals surface area contributed by atoms with Gasteiger partial charge in [-0.05, 0) is 25.7 Å². The van der Waals surface area contributed by atoms with E-state index in [-0.39, 0.29) is 0 Å². The third-order valence-corrected chi connectivity index (χ3v) is 4.60. The van der Waals surface area contributed by atoms with E-state index in [1.165, 1.54) is 25.7 Å². The number of hydrogen-bond donors (Lipinski definition) is 1. The molecule has 13 heavy (non-hydrogen) atoms. The lowest BCUT2D eigenvalue weighted by Gasteiger charge is -2.25. The van der Waals surface area contributed by atoms with E-state index in [2.05, 4.69) is 5.32 Å². The lowest BCUT2D eigenvalue weighted by Crippen LogP contribution is -2.40. The van der Waals surface area contributed by atoms with Crippen LogP contribution in [-0.4, -0.2) is 27.8 Å². The van der Waals surface area contributed by atoms with Gasteiger partial charge in [-0.3, -0.25) is 4.21 Å². The average Bonchev–Trinajstić information content (AvgIpc) is 2.62.